The van der Waals surface area contributed by atoms with E-state index in [1.165, 1.54) is 19.1 Å². The van der Waals surface area contributed by atoms with Crippen LogP contribution in [0.15, 0.2) is 73.1 Å². The van der Waals surface area contributed by atoms with Crippen molar-refractivity contribution < 1.29 is 14.0 Å². The average Bonchev–Trinajstić information content (AvgIpc) is 3.11. The number of hydrogen-bond donors (Lipinski definition) is 2. The van der Waals surface area contributed by atoms with Gasteiger partial charge in [0.05, 0.1) is 12.0 Å². The Hall–Kier alpha value is -4.33. The lowest BCUT2D eigenvalue weighted by Gasteiger charge is -2.12. The molecular formula is C25H22FN5O2. The summed E-state index contributed by atoms with van der Waals surface area (Å²) in [6, 6.07) is 16.9. The minimum absolute atomic E-state index is 0.0588. The molecule has 0 unspecified atom stereocenters. The number of anilines is 2. The van der Waals surface area contributed by atoms with Crippen molar-refractivity contribution >= 4 is 23.3 Å². The van der Waals surface area contributed by atoms with Crippen LogP contribution >= 0.6 is 0 Å². The highest BCUT2D eigenvalue weighted by Gasteiger charge is 2.21. The lowest BCUT2D eigenvalue weighted by atomic mass is 10.0. The number of nitrogens with zero attached hydrogens (tertiary/aromatic N) is 3. The van der Waals surface area contributed by atoms with Crippen molar-refractivity contribution in [1.82, 2.24) is 14.8 Å². The van der Waals surface area contributed by atoms with Gasteiger partial charge in [-0.1, -0.05) is 18.2 Å². The van der Waals surface area contributed by atoms with Crippen LogP contribution in [0.1, 0.15) is 12.5 Å². The van der Waals surface area contributed by atoms with E-state index in [1.807, 2.05) is 18.2 Å². The van der Waals surface area contributed by atoms with Gasteiger partial charge in [0.15, 0.2) is 0 Å². The quantitative estimate of drug-likeness (QED) is 0.462. The Morgan fingerprint density at radius 1 is 0.939 bits per heavy atom. The van der Waals surface area contributed by atoms with Crippen LogP contribution in [0.5, 0.6) is 0 Å². The van der Waals surface area contributed by atoms with Gasteiger partial charge in [0, 0.05) is 37.6 Å². The van der Waals surface area contributed by atoms with Gasteiger partial charge in [-0.25, -0.2) is 4.39 Å². The summed E-state index contributed by atoms with van der Waals surface area (Å²) < 4.78 is 15.1. The fourth-order valence-electron chi connectivity index (χ4n) is 3.60. The Balaban J connectivity index is 1.70. The molecule has 0 aliphatic rings. The summed E-state index contributed by atoms with van der Waals surface area (Å²) in [5.74, 6) is -0.316. The van der Waals surface area contributed by atoms with E-state index in [4.69, 9.17) is 0 Å². The summed E-state index contributed by atoms with van der Waals surface area (Å²) >= 11 is 0. The first kappa shape index (κ1) is 21.9. The second kappa shape index (κ2) is 9.44. The number of aromatic nitrogens is 3. The third-order valence-electron chi connectivity index (χ3n) is 5.07. The number of pyridine rings is 1. The van der Waals surface area contributed by atoms with Gasteiger partial charge < -0.3 is 10.6 Å². The summed E-state index contributed by atoms with van der Waals surface area (Å²) in [5.41, 5.74) is 4.12. The van der Waals surface area contributed by atoms with Crippen LogP contribution in [0.2, 0.25) is 0 Å². The molecule has 0 fully saturated rings. The molecule has 0 saturated carbocycles. The first-order chi connectivity index (χ1) is 15.9. The zero-order chi connectivity index (χ0) is 23.4. The maximum atomic E-state index is 13.5. The van der Waals surface area contributed by atoms with Crippen molar-refractivity contribution in [3.63, 3.8) is 0 Å². The van der Waals surface area contributed by atoms with Crippen molar-refractivity contribution in [1.29, 1.82) is 0 Å². The molecule has 0 atom stereocenters. The van der Waals surface area contributed by atoms with Crippen LogP contribution in [0.4, 0.5) is 15.9 Å². The van der Waals surface area contributed by atoms with Crippen molar-refractivity contribution in [2.75, 3.05) is 10.6 Å². The average molecular weight is 443 g/mol. The van der Waals surface area contributed by atoms with E-state index in [0.717, 1.165) is 11.1 Å². The third-order valence-corrected chi connectivity index (χ3v) is 5.07. The molecule has 0 radical (unpaired) electrons. The number of rotatable bonds is 6. The monoisotopic (exact) mass is 443 g/mol. The smallest absolute Gasteiger partial charge is 0.230 e. The zero-order valence-corrected chi connectivity index (χ0v) is 18.2. The second-order valence-electron chi connectivity index (χ2n) is 7.50. The van der Waals surface area contributed by atoms with Crippen molar-refractivity contribution in [3.05, 3.63) is 84.4 Å². The summed E-state index contributed by atoms with van der Waals surface area (Å²) in [4.78, 5) is 28.6. The molecular weight excluding hydrogens is 421 g/mol. The molecule has 2 aromatic heterocycles. The van der Waals surface area contributed by atoms with Gasteiger partial charge in [0.25, 0.3) is 0 Å². The van der Waals surface area contributed by atoms with Crippen LogP contribution < -0.4 is 10.6 Å². The predicted molar refractivity (Wildman–Crippen MR) is 125 cm³/mol. The van der Waals surface area contributed by atoms with E-state index in [-0.39, 0.29) is 24.1 Å². The standard InChI is InChI=1S/C25H22FN5O2/c1-16(32)28-21-6-4-3-5-19(21)15-22(33)29-25-23(17-11-13-27-14-12-17)24(30-31(25)2)18-7-9-20(26)10-8-18/h3-14H,15H2,1-2H3,(H,28,32)(H,29,33). The number of hydrogen-bond acceptors (Lipinski definition) is 4. The van der Waals surface area contributed by atoms with Gasteiger partial charge in [-0.05, 0) is 53.6 Å². The maximum absolute atomic E-state index is 13.5. The number of para-hydroxylation sites is 1. The van der Waals surface area contributed by atoms with E-state index < -0.39 is 0 Å². The van der Waals surface area contributed by atoms with Gasteiger partial charge in [0.2, 0.25) is 11.8 Å². The molecule has 2 aromatic carbocycles. The molecule has 8 heteroatoms. The number of aryl methyl sites for hydroxylation is 1. The molecule has 166 valence electrons. The highest BCUT2D eigenvalue weighted by molar-refractivity contribution is 6.00. The fraction of sp³-hybridized carbons (Fsp3) is 0.120. The first-order valence-electron chi connectivity index (χ1n) is 10.3. The van der Waals surface area contributed by atoms with E-state index in [0.29, 0.717) is 28.3 Å². The van der Waals surface area contributed by atoms with Gasteiger partial charge >= 0.3 is 0 Å². The minimum Gasteiger partial charge on any atom is -0.326 e. The van der Waals surface area contributed by atoms with E-state index >= 15 is 0 Å². The summed E-state index contributed by atoms with van der Waals surface area (Å²) in [6.45, 7) is 1.42. The number of amides is 2. The van der Waals surface area contributed by atoms with Gasteiger partial charge in [-0.15, -0.1) is 0 Å². The normalized spacial score (nSPS) is 10.6. The Bertz CT molecular complexity index is 1300. The molecule has 0 saturated heterocycles. The molecule has 0 aliphatic carbocycles. The second-order valence-corrected chi connectivity index (χ2v) is 7.50. The van der Waals surface area contributed by atoms with Gasteiger partial charge in [-0.2, -0.15) is 5.10 Å². The summed E-state index contributed by atoms with van der Waals surface area (Å²) in [7, 11) is 1.73. The zero-order valence-electron chi connectivity index (χ0n) is 18.2. The minimum atomic E-state index is -0.341. The maximum Gasteiger partial charge on any atom is 0.230 e. The Labute approximate surface area is 190 Å². The molecule has 4 rings (SSSR count). The van der Waals surface area contributed by atoms with E-state index in [9.17, 15) is 14.0 Å². The molecule has 0 spiro atoms. The number of halogens is 1. The Kier molecular flexibility index (Phi) is 6.26. The molecule has 0 bridgehead atoms. The highest BCUT2D eigenvalue weighted by Crippen LogP contribution is 2.37. The summed E-state index contributed by atoms with van der Waals surface area (Å²) in [6.07, 6.45) is 3.38. The number of carbonyl (C=O) groups is 2. The van der Waals surface area contributed by atoms with Crippen LogP contribution in [-0.2, 0) is 23.1 Å². The van der Waals surface area contributed by atoms with E-state index in [2.05, 4.69) is 20.7 Å². The van der Waals surface area contributed by atoms with Gasteiger partial charge in [0.1, 0.15) is 17.3 Å². The van der Waals surface area contributed by atoms with Crippen molar-refractivity contribution in [2.45, 2.75) is 13.3 Å². The lowest BCUT2D eigenvalue weighted by molar-refractivity contribution is -0.116. The third kappa shape index (κ3) is 4.95. The van der Waals surface area contributed by atoms with Crippen LogP contribution in [0, 0.1) is 5.82 Å². The fourth-order valence-corrected chi connectivity index (χ4v) is 3.60. The predicted octanol–water partition coefficient (Wildman–Crippen LogP) is 4.43. The van der Waals surface area contributed by atoms with Crippen LogP contribution in [0.3, 0.4) is 0 Å². The SMILES string of the molecule is CC(=O)Nc1ccccc1CC(=O)Nc1c(-c2ccncc2)c(-c2ccc(F)cc2)nn1C. The largest absolute Gasteiger partial charge is 0.326 e. The van der Waals surface area contributed by atoms with Crippen LogP contribution in [0.25, 0.3) is 22.4 Å². The molecule has 0 aliphatic heterocycles. The molecule has 2 amide bonds. The Morgan fingerprint density at radius 3 is 2.33 bits per heavy atom. The highest BCUT2D eigenvalue weighted by atomic mass is 19.1. The molecule has 2 N–H and O–H groups in total. The molecule has 2 heterocycles. The van der Waals surface area contributed by atoms with Crippen LogP contribution in [-0.4, -0.2) is 26.6 Å². The molecule has 7 nitrogen and oxygen atoms in total. The van der Waals surface area contributed by atoms with E-state index in [1.54, 1.807) is 54.5 Å². The van der Waals surface area contributed by atoms with Gasteiger partial charge in [-0.3, -0.25) is 19.3 Å². The Morgan fingerprint density at radius 2 is 1.64 bits per heavy atom. The number of benzene rings is 2. The molecule has 33 heavy (non-hydrogen) atoms. The van der Waals surface area contributed by atoms with Crippen molar-refractivity contribution in [2.24, 2.45) is 7.05 Å². The topological polar surface area (TPSA) is 88.9 Å². The van der Waals surface area contributed by atoms with Crippen molar-refractivity contribution in [3.8, 4) is 22.4 Å². The summed E-state index contributed by atoms with van der Waals surface area (Å²) in [5, 5.41) is 10.3. The number of nitrogens with one attached hydrogen (secondary N) is 2. The first-order valence-corrected chi connectivity index (χ1v) is 10.3. The lowest BCUT2D eigenvalue weighted by Crippen LogP contribution is -2.18. The number of carbonyl (C=O) groups excluding carboxylic acids is 2. The molecule has 4 aromatic rings.